The Labute approximate surface area is 110 Å². The number of thiophene rings is 1. The average Bonchev–Trinajstić information content (AvgIpc) is 2.28. The van der Waals surface area contributed by atoms with Gasteiger partial charge in [0.15, 0.2) is 0 Å². The molecule has 0 saturated heterocycles. The Bertz CT molecular complexity index is 270. The van der Waals surface area contributed by atoms with Crippen molar-refractivity contribution < 1.29 is 0 Å². The quantitative estimate of drug-likeness (QED) is 0.619. The van der Waals surface area contributed by atoms with Crippen LogP contribution in [0.4, 0.5) is 0 Å². The molecule has 1 aromatic heterocycles. The van der Waals surface area contributed by atoms with E-state index >= 15 is 0 Å². The van der Waals surface area contributed by atoms with Crippen LogP contribution in [0, 0.1) is 0 Å². The minimum absolute atomic E-state index is 0.761. The normalized spacial score (nSPS) is 13.4. The van der Waals surface area contributed by atoms with E-state index in [0.29, 0.717) is 0 Å². The van der Waals surface area contributed by atoms with Crippen LogP contribution in [0.5, 0.6) is 0 Å². The summed E-state index contributed by atoms with van der Waals surface area (Å²) in [5, 5.41) is 0. The monoisotopic (exact) mass is 440 g/mol. The maximum atomic E-state index is 5.84. The zero-order valence-corrected chi connectivity index (χ0v) is 15.4. The van der Waals surface area contributed by atoms with E-state index in [4.69, 9.17) is 60.1 Å². The van der Waals surface area contributed by atoms with E-state index in [2.05, 4.69) is 0 Å². The number of hydrogen-bond acceptors (Lipinski definition) is 1. The van der Waals surface area contributed by atoms with Gasteiger partial charge >= 0.3 is 112 Å². The van der Waals surface area contributed by atoms with Gasteiger partial charge in [0, 0.05) is 0 Å². The molecule has 0 spiro atoms. The molecule has 0 aromatic carbocycles. The van der Waals surface area contributed by atoms with Crippen molar-refractivity contribution in [3.05, 3.63) is 12.1 Å². The van der Waals surface area contributed by atoms with Crippen LogP contribution < -0.4 is 7.42 Å². The van der Waals surface area contributed by atoms with Gasteiger partial charge in [-0.3, -0.25) is 0 Å². The molecule has 0 saturated carbocycles. The van der Waals surface area contributed by atoms with Crippen LogP contribution in [0.15, 0.2) is 12.1 Å². The van der Waals surface area contributed by atoms with Crippen molar-refractivity contribution in [3.63, 3.8) is 0 Å². The van der Waals surface area contributed by atoms with Gasteiger partial charge < -0.3 is 0 Å². The second-order valence-electron chi connectivity index (χ2n) is 2.16. The molecule has 0 atom stereocenters. The molecule has 0 unspecified atom stereocenters. The molecule has 0 amide bonds. The Morgan fingerprint density at radius 1 is 0.769 bits per heavy atom. The third-order valence-corrected chi connectivity index (χ3v) is 19.2. The van der Waals surface area contributed by atoms with Gasteiger partial charge in [-0.2, -0.15) is 0 Å². The summed E-state index contributed by atoms with van der Waals surface area (Å²) in [5.41, 5.74) is 0. The van der Waals surface area contributed by atoms with Crippen molar-refractivity contribution in [1.82, 2.24) is 0 Å². The molecule has 13 heavy (non-hydrogen) atoms. The third-order valence-electron chi connectivity index (χ3n) is 1.16. The Morgan fingerprint density at radius 2 is 1.08 bits per heavy atom. The van der Waals surface area contributed by atoms with E-state index in [-0.39, 0.29) is 0 Å². The average molecular weight is 440 g/mol. The molecule has 0 aliphatic carbocycles. The molecule has 0 nitrogen and oxygen atoms in total. The van der Waals surface area contributed by atoms with Crippen molar-refractivity contribution in [2.45, 2.75) is 0 Å². The maximum absolute atomic E-state index is 5.84. The van der Waals surface area contributed by atoms with Gasteiger partial charge in [-0.25, -0.2) is 0 Å². The summed E-state index contributed by atoms with van der Waals surface area (Å²) >= 11 is 1.32. The molecule has 1 rings (SSSR count). The van der Waals surface area contributed by atoms with Gasteiger partial charge in [-0.05, 0) is 0 Å². The van der Waals surface area contributed by atoms with Gasteiger partial charge in [0.1, 0.15) is 0 Å². The fourth-order valence-electron chi connectivity index (χ4n) is 0.643. The zero-order chi connectivity index (χ0) is 10.3. The van der Waals surface area contributed by atoms with Crippen LogP contribution in [0.2, 0.25) is 0 Å². The third kappa shape index (κ3) is 4.12. The Kier molecular flexibility index (Phi) is 5.02. The predicted octanol–water partition coefficient (Wildman–Crippen LogP) is 3.47. The molecule has 1 heterocycles. The summed E-state index contributed by atoms with van der Waals surface area (Å²) in [4.78, 5) is 0. The van der Waals surface area contributed by atoms with Crippen LogP contribution in [0.25, 0.3) is 0 Å². The second kappa shape index (κ2) is 4.80. The van der Waals surface area contributed by atoms with Gasteiger partial charge in [0.05, 0.1) is 0 Å². The molecule has 0 N–H and O–H groups in total. The second-order valence-corrected chi connectivity index (χ2v) is 34.9. The SMILES string of the molecule is [Cl][Ge]([Cl])([Cl])[c]1cc[c]([Ge]([Cl])([Cl])[Cl])s1. The molecular formula is C4H2Cl6Ge2S. The van der Waals surface area contributed by atoms with Gasteiger partial charge in [0.25, 0.3) is 0 Å². The molecular weight excluding hydrogens is 438 g/mol. The summed E-state index contributed by atoms with van der Waals surface area (Å²) in [6.45, 7) is 0. The first kappa shape index (κ1) is 13.6. The van der Waals surface area contributed by atoms with Gasteiger partial charge in [-0.15, -0.1) is 0 Å². The van der Waals surface area contributed by atoms with Crippen molar-refractivity contribution >= 4 is 99.8 Å². The fraction of sp³-hybridized carbons (Fsp3) is 0. The minimum atomic E-state index is -3.28. The first-order valence-electron chi connectivity index (χ1n) is 2.95. The Morgan fingerprint density at radius 3 is 1.23 bits per heavy atom. The van der Waals surface area contributed by atoms with Crippen LogP contribution in [-0.4, -0.2) is 21.0 Å². The van der Waals surface area contributed by atoms with Crippen LogP contribution in [0.3, 0.4) is 0 Å². The van der Waals surface area contributed by atoms with Gasteiger partial charge in [-0.1, -0.05) is 0 Å². The van der Waals surface area contributed by atoms with Crippen molar-refractivity contribution in [1.29, 1.82) is 0 Å². The summed E-state index contributed by atoms with van der Waals surface area (Å²) in [6, 6.07) is 3.50. The first-order chi connectivity index (χ1) is 5.71. The van der Waals surface area contributed by atoms with Gasteiger partial charge in [0.2, 0.25) is 0 Å². The summed E-state index contributed by atoms with van der Waals surface area (Å²) in [6.07, 6.45) is 0. The standard InChI is InChI=1S/C4H2Cl6Ge2S/c5-11(6,7)3-1-2-4(13-3)12(8,9)10/h1-2H. The summed E-state index contributed by atoms with van der Waals surface area (Å²) in [7, 11) is 28.5. The van der Waals surface area contributed by atoms with Crippen LogP contribution in [0.1, 0.15) is 0 Å². The molecule has 0 aliphatic rings. The molecule has 0 radical (unpaired) electrons. The van der Waals surface area contributed by atoms with Crippen LogP contribution in [-0.2, 0) is 0 Å². The molecule has 0 bridgehead atoms. The number of halogens is 6. The molecule has 1 aromatic rings. The van der Waals surface area contributed by atoms with Crippen molar-refractivity contribution in [3.8, 4) is 0 Å². The van der Waals surface area contributed by atoms with Crippen molar-refractivity contribution in [2.24, 2.45) is 0 Å². The topological polar surface area (TPSA) is 0 Å². The fourth-order valence-corrected chi connectivity index (χ4v) is 12.3. The number of rotatable bonds is 2. The Balaban J connectivity index is 3.01. The van der Waals surface area contributed by atoms with E-state index in [1.165, 1.54) is 11.3 Å². The van der Waals surface area contributed by atoms with E-state index < -0.39 is 21.0 Å². The van der Waals surface area contributed by atoms with Crippen LogP contribution >= 0.6 is 71.4 Å². The van der Waals surface area contributed by atoms with E-state index in [9.17, 15) is 0 Å². The molecule has 0 fully saturated rings. The predicted molar refractivity (Wildman–Crippen MR) is 70.2 cm³/mol. The zero-order valence-electron chi connectivity index (χ0n) is 5.83. The molecule has 9 heteroatoms. The van der Waals surface area contributed by atoms with Crippen molar-refractivity contribution in [2.75, 3.05) is 0 Å². The summed E-state index contributed by atoms with van der Waals surface area (Å²) in [5.74, 6) is 0. The number of hydrogen-bond donors (Lipinski definition) is 0. The van der Waals surface area contributed by atoms with E-state index in [1.54, 1.807) is 12.1 Å². The molecule has 0 aliphatic heterocycles. The first-order valence-corrected chi connectivity index (χ1v) is 22.4. The summed E-state index contributed by atoms with van der Waals surface area (Å²) < 4.78 is 1.52. The van der Waals surface area contributed by atoms with E-state index in [1.807, 2.05) is 0 Å². The van der Waals surface area contributed by atoms with E-state index in [0.717, 1.165) is 7.42 Å². The Hall–Kier alpha value is 2.53. The molecule has 74 valence electrons.